The molecule has 4 aromatic carbocycles. The maximum Gasteiger partial charge on any atom is 0.322 e. The summed E-state index contributed by atoms with van der Waals surface area (Å²) in [5.74, 6) is -2.71. The second-order valence-electron chi connectivity index (χ2n) is 11.3. The number of nitrogens with one attached hydrogen (secondary N) is 3. The first-order chi connectivity index (χ1) is 24.5. The van der Waals surface area contributed by atoms with Crippen molar-refractivity contribution in [1.82, 2.24) is 5.32 Å². The number of carboxylic acid groups (broad SMARTS) is 2. The minimum absolute atomic E-state index is 0.00997. The van der Waals surface area contributed by atoms with Crippen molar-refractivity contribution < 1.29 is 42.9 Å². The molecule has 278 valence electrons. The predicted molar refractivity (Wildman–Crippen MR) is 204 cm³/mol. The van der Waals surface area contributed by atoms with Crippen molar-refractivity contribution in [3.63, 3.8) is 0 Å². The number of benzene rings is 4. The van der Waals surface area contributed by atoms with Gasteiger partial charge in [0.2, 0.25) is 0 Å². The van der Waals surface area contributed by atoms with E-state index in [1.54, 1.807) is 50.5 Å². The van der Waals surface area contributed by atoms with Crippen molar-refractivity contribution in [2.45, 2.75) is 39.9 Å². The summed E-state index contributed by atoms with van der Waals surface area (Å²) in [5, 5.41) is 25.8. The van der Waals surface area contributed by atoms with E-state index in [-0.39, 0.29) is 46.8 Å². The highest BCUT2D eigenvalue weighted by Gasteiger charge is 2.17. The SMILES string of the molecule is CNc1cc(C)cc(COc2c(Br)cc(C(=O)NCC(=O)O)cc2Br)c1F.CNc1cc(C)cc(COc2c(Cl)cc(CCC(=O)O)cc2Cl)c1F. The number of rotatable bonds is 14. The number of halogens is 6. The Hall–Kier alpha value is -4.11. The Morgan fingerprint density at radius 2 is 1.19 bits per heavy atom. The number of ether oxygens (including phenoxy) is 2. The van der Waals surface area contributed by atoms with E-state index in [0.29, 0.717) is 49.2 Å². The number of hydrogen-bond donors (Lipinski definition) is 5. The lowest BCUT2D eigenvalue weighted by atomic mass is 10.1. The molecule has 0 spiro atoms. The molecule has 0 aliphatic carbocycles. The van der Waals surface area contributed by atoms with Gasteiger partial charge in [-0.3, -0.25) is 14.4 Å². The van der Waals surface area contributed by atoms with Crippen molar-refractivity contribution in [1.29, 1.82) is 0 Å². The molecule has 1 amide bonds. The molecule has 0 aromatic heterocycles. The van der Waals surface area contributed by atoms with Gasteiger partial charge in [0.1, 0.15) is 25.5 Å². The fourth-order valence-corrected chi connectivity index (χ4v) is 6.85. The normalized spacial score (nSPS) is 10.5. The number of carboxylic acids is 2. The molecule has 0 radical (unpaired) electrons. The lowest BCUT2D eigenvalue weighted by Crippen LogP contribution is -2.29. The zero-order valence-electron chi connectivity index (χ0n) is 28.4. The zero-order valence-corrected chi connectivity index (χ0v) is 33.0. The zero-order chi connectivity index (χ0) is 38.7. The van der Waals surface area contributed by atoms with Gasteiger partial charge in [-0.1, -0.05) is 23.2 Å². The van der Waals surface area contributed by atoms with Crippen molar-refractivity contribution >= 4 is 84.3 Å². The van der Waals surface area contributed by atoms with Gasteiger partial charge in [-0.05, 0) is 117 Å². The predicted octanol–water partition coefficient (Wildman–Crippen LogP) is 9.17. The third-order valence-corrected chi connectivity index (χ3v) is 8.95. The molecule has 0 fully saturated rings. The number of carbonyl (C=O) groups excluding carboxylic acids is 1. The van der Waals surface area contributed by atoms with Crippen LogP contribution < -0.4 is 25.4 Å². The maximum atomic E-state index is 14.4. The number of amides is 1. The van der Waals surface area contributed by atoms with Crippen LogP contribution in [0.4, 0.5) is 20.2 Å². The number of aryl methyl sites for hydroxylation is 3. The highest BCUT2D eigenvalue weighted by Crippen LogP contribution is 2.37. The van der Waals surface area contributed by atoms with Crippen molar-refractivity contribution in [2.75, 3.05) is 31.3 Å². The summed E-state index contributed by atoms with van der Waals surface area (Å²) in [5.41, 5.74) is 4.28. The van der Waals surface area contributed by atoms with E-state index in [0.717, 1.165) is 11.1 Å². The summed E-state index contributed by atoms with van der Waals surface area (Å²) < 4.78 is 41.0. The molecule has 0 heterocycles. The summed E-state index contributed by atoms with van der Waals surface area (Å²) in [4.78, 5) is 33.2. The van der Waals surface area contributed by atoms with Crippen molar-refractivity contribution in [3.05, 3.63) is 113 Å². The van der Waals surface area contributed by atoms with Crippen LogP contribution in [0.2, 0.25) is 10.0 Å². The Morgan fingerprint density at radius 3 is 1.62 bits per heavy atom. The number of anilines is 2. The Balaban J connectivity index is 0.000000281. The molecule has 0 aliphatic rings. The first kappa shape index (κ1) is 42.3. The van der Waals surface area contributed by atoms with E-state index < -0.39 is 30.2 Å². The van der Waals surface area contributed by atoms with Gasteiger partial charge in [0, 0.05) is 37.2 Å². The minimum atomic E-state index is -1.14. The molecular formula is C36H35Br2Cl2F2N3O7. The third-order valence-electron chi connectivity index (χ3n) is 7.21. The standard InChI is InChI=1S/C18H17Br2FN2O4.C18H18Cl2FNO3/c1-9-3-11(16(21)14(4-9)22-2)8-27-17-12(19)5-10(6-13(17)20)18(26)23-7-15(24)25;1-10-5-12(17(21)15(6-10)22-2)9-25-18-13(19)7-11(8-14(18)20)3-4-16(23)24/h3-6,22H,7-8H2,1-2H3,(H,23,26)(H,24,25);5-8,22H,3-4,9H2,1-2H3,(H,23,24). The molecule has 4 rings (SSSR count). The van der Waals surface area contributed by atoms with E-state index >= 15 is 0 Å². The van der Waals surface area contributed by atoms with E-state index in [1.165, 1.54) is 12.1 Å². The molecule has 0 unspecified atom stereocenters. The second kappa shape index (κ2) is 19.6. The van der Waals surface area contributed by atoms with Crippen LogP contribution in [0, 0.1) is 25.5 Å². The van der Waals surface area contributed by atoms with Gasteiger partial charge >= 0.3 is 11.9 Å². The van der Waals surface area contributed by atoms with Crippen molar-refractivity contribution in [3.8, 4) is 11.5 Å². The molecule has 0 saturated heterocycles. The number of hydrogen-bond acceptors (Lipinski definition) is 7. The molecule has 5 N–H and O–H groups in total. The van der Waals surface area contributed by atoms with Crippen LogP contribution >= 0.6 is 55.1 Å². The van der Waals surface area contributed by atoms with Crippen LogP contribution in [-0.4, -0.2) is 48.7 Å². The van der Waals surface area contributed by atoms with E-state index in [1.807, 2.05) is 13.8 Å². The maximum absolute atomic E-state index is 14.4. The summed E-state index contributed by atoms with van der Waals surface area (Å²) in [6.45, 7) is 3.20. The summed E-state index contributed by atoms with van der Waals surface area (Å²) in [6, 6.07) is 13.0. The smallest absolute Gasteiger partial charge is 0.322 e. The fourth-order valence-electron chi connectivity index (χ4n) is 4.79. The molecular weight excluding hydrogens is 855 g/mol. The Kier molecular flexibility index (Phi) is 16.0. The average molecular weight is 890 g/mol. The summed E-state index contributed by atoms with van der Waals surface area (Å²) >= 11 is 19.0. The lowest BCUT2D eigenvalue weighted by molar-refractivity contribution is -0.137. The van der Waals surface area contributed by atoms with E-state index in [2.05, 4.69) is 47.8 Å². The second-order valence-corrected chi connectivity index (χ2v) is 13.8. The molecule has 52 heavy (non-hydrogen) atoms. The van der Waals surface area contributed by atoms with Crippen LogP contribution in [0.25, 0.3) is 0 Å². The van der Waals surface area contributed by atoms with E-state index in [4.69, 9.17) is 42.9 Å². The molecule has 10 nitrogen and oxygen atoms in total. The summed E-state index contributed by atoms with van der Waals surface area (Å²) in [6.07, 6.45) is 0.293. The molecule has 16 heteroatoms. The lowest BCUT2D eigenvalue weighted by Gasteiger charge is -2.14. The van der Waals surface area contributed by atoms with Crippen LogP contribution in [0.5, 0.6) is 11.5 Å². The number of carbonyl (C=O) groups is 3. The highest BCUT2D eigenvalue weighted by atomic mass is 79.9. The minimum Gasteiger partial charge on any atom is -0.486 e. The highest BCUT2D eigenvalue weighted by molar-refractivity contribution is 9.11. The summed E-state index contributed by atoms with van der Waals surface area (Å²) in [7, 11) is 3.29. The van der Waals surface area contributed by atoms with Crippen LogP contribution in [-0.2, 0) is 29.2 Å². The largest absolute Gasteiger partial charge is 0.486 e. The number of aliphatic carboxylic acids is 2. The third kappa shape index (κ3) is 12.0. The Bertz CT molecular complexity index is 1920. The Morgan fingerprint density at radius 1 is 0.731 bits per heavy atom. The van der Waals surface area contributed by atoms with E-state index in [9.17, 15) is 23.2 Å². The first-order valence-electron chi connectivity index (χ1n) is 15.4. The van der Waals surface area contributed by atoms with Crippen LogP contribution in [0.3, 0.4) is 0 Å². The van der Waals surface area contributed by atoms with Gasteiger partial charge in [0.05, 0.1) is 30.4 Å². The fraction of sp³-hybridized carbons (Fsp3) is 0.250. The Labute approximate surface area is 326 Å². The quantitative estimate of drug-likeness (QED) is 0.0837. The van der Waals surface area contributed by atoms with Crippen LogP contribution in [0.1, 0.15) is 44.6 Å². The van der Waals surface area contributed by atoms with Crippen LogP contribution in [0.15, 0.2) is 57.5 Å². The van der Waals surface area contributed by atoms with Gasteiger partial charge in [-0.2, -0.15) is 0 Å². The monoisotopic (exact) mass is 887 g/mol. The van der Waals surface area contributed by atoms with Crippen molar-refractivity contribution in [2.24, 2.45) is 0 Å². The molecule has 0 bridgehead atoms. The van der Waals surface area contributed by atoms with Gasteiger partial charge in [0.25, 0.3) is 5.91 Å². The first-order valence-corrected chi connectivity index (χ1v) is 17.8. The molecule has 0 saturated carbocycles. The van der Waals surface area contributed by atoms with Gasteiger partial charge in [-0.15, -0.1) is 0 Å². The van der Waals surface area contributed by atoms with Gasteiger partial charge in [-0.25, -0.2) is 8.78 Å². The van der Waals surface area contributed by atoms with Gasteiger partial charge in [0.15, 0.2) is 17.4 Å². The topological polar surface area (TPSA) is 146 Å². The average Bonchev–Trinajstić information content (AvgIpc) is 3.08. The molecule has 4 aromatic rings. The van der Waals surface area contributed by atoms with Gasteiger partial charge < -0.3 is 35.6 Å². The molecule has 0 atom stereocenters. The molecule has 0 aliphatic heterocycles.